The van der Waals surface area contributed by atoms with Gasteiger partial charge in [0.15, 0.2) is 5.82 Å². The van der Waals surface area contributed by atoms with E-state index < -0.39 is 5.97 Å². The van der Waals surface area contributed by atoms with E-state index in [1.54, 1.807) is 42.1 Å². The summed E-state index contributed by atoms with van der Waals surface area (Å²) in [6.45, 7) is 1.58. The second-order valence-corrected chi connectivity index (χ2v) is 7.82. The van der Waals surface area contributed by atoms with E-state index in [0.717, 1.165) is 16.6 Å². The first-order valence-electron chi connectivity index (χ1n) is 10.9. The number of carboxylic acids is 1. The van der Waals surface area contributed by atoms with Crippen LogP contribution in [0, 0.1) is 12.7 Å². The van der Waals surface area contributed by atoms with Gasteiger partial charge in [-0.15, -0.1) is 0 Å². The maximum absolute atomic E-state index is 13.0. The predicted molar refractivity (Wildman–Crippen MR) is 136 cm³/mol. The lowest BCUT2D eigenvalue weighted by atomic mass is 10.2. The first-order chi connectivity index (χ1) is 17.3. The van der Waals surface area contributed by atoms with Crippen LogP contribution < -0.4 is 11.2 Å². The fraction of sp³-hybridized carbons (Fsp3) is 0.0370. The van der Waals surface area contributed by atoms with Crippen molar-refractivity contribution in [1.29, 1.82) is 0 Å². The van der Waals surface area contributed by atoms with Crippen molar-refractivity contribution >= 4 is 28.5 Å². The Bertz CT molecular complexity index is 1550. The van der Waals surface area contributed by atoms with E-state index in [0.29, 0.717) is 22.6 Å². The Balaban J connectivity index is 0.000000170. The Labute approximate surface area is 205 Å². The number of anilines is 1. The minimum Gasteiger partial charge on any atom is -0.478 e. The van der Waals surface area contributed by atoms with Crippen molar-refractivity contribution in [3.05, 3.63) is 114 Å². The van der Waals surface area contributed by atoms with Crippen LogP contribution in [0.2, 0.25) is 0 Å². The van der Waals surface area contributed by atoms with Gasteiger partial charge in [0.2, 0.25) is 0 Å². The van der Waals surface area contributed by atoms with Gasteiger partial charge in [-0.25, -0.2) is 19.2 Å². The first kappa shape index (κ1) is 24.1. The molecule has 0 spiro atoms. The maximum Gasteiger partial charge on any atom is 0.339 e. The number of carbonyl (C=O) groups excluding carboxylic acids is 1. The number of nitrogens with zero attached hydrogens (tertiary/aromatic N) is 3. The zero-order valence-corrected chi connectivity index (χ0v) is 19.2. The van der Waals surface area contributed by atoms with Gasteiger partial charge in [0.05, 0.1) is 16.8 Å². The molecule has 2 heterocycles. The van der Waals surface area contributed by atoms with Crippen molar-refractivity contribution < 1.29 is 19.1 Å². The van der Waals surface area contributed by atoms with Crippen molar-refractivity contribution in [2.75, 3.05) is 11.2 Å². The van der Waals surface area contributed by atoms with E-state index >= 15 is 0 Å². The average molecular weight is 484 g/mol. The first-order valence-corrected chi connectivity index (χ1v) is 10.9. The molecule has 0 atom stereocenters. The van der Waals surface area contributed by atoms with Gasteiger partial charge in [-0.3, -0.25) is 9.47 Å². The number of aromatic carboxylic acids is 1. The molecule has 0 saturated heterocycles. The number of aromatic nitrogens is 3. The molecule has 3 aromatic carbocycles. The summed E-state index contributed by atoms with van der Waals surface area (Å²) >= 11 is 0. The SMILES string of the molecule is Cc1nc(-c2cccc(F)c2)ncc1C(=O)O.Nn1ccc2cc(NC(=O)c3ccccc3)ccc21. The molecule has 5 rings (SSSR count). The molecule has 9 heteroatoms. The van der Waals surface area contributed by atoms with Crippen LogP contribution >= 0.6 is 0 Å². The molecule has 0 aliphatic rings. The Hall–Kier alpha value is -5.05. The highest BCUT2D eigenvalue weighted by atomic mass is 19.1. The molecule has 4 N–H and O–H groups in total. The summed E-state index contributed by atoms with van der Waals surface area (Å²) < 4.78 is 14.6. The van der Waals surface area contributed by atoms with Crippen molar-refractivity contribution in [2.24, 2.45) is 0 Å². The van der Waals surface area contributed by atoms with Gasteiger partial charge in [0.1, 0.15) is 5.82 Å². The Morgan fingerprint density at radius 3 is 2.47 bits per heavy atom. The number of halogens is 1. The highest BCUT2D eigenvalue weighted by Gasteiger charge is 2.11. The minimum atomic E-state index is -1.08. The van der Waals surface area contributed by atoms with Crippen LogP contribution in [0.15, 0.2) is 91.3 Å². The van der Waals surface area contributed by atoms with Crippen molar-refractivity contribution in [3.63, 3.8) is 0 Å². The Kier molecular flexibility index (Phi) is 7.01. The number of aryl methyl sites for hydroxylation is 1. The van der Waals surface area contributed by atoms with Crippen LogP contribution in [0.4, 0.5) is 10.1 Å². The van der Waals surface area contributed by atoms with Crippen LogP contribution in [0.5, 0.6) is 0 Å². The summed E-state index contributed by atoms with van der Waals surface area (Å²) in [6.07, 6.45) is 3.01. The second kappa shape index (κ2) is 10.5. The monoisotopic (exact) mass is 483 g/mol. The smallest absolute Gasteiger partial charge is 0.339 e. The molecule has 1 amide bonds. The van der Waals surface area contributed by atoms with E-state index in [9.17, 15) is 14.0 Å². The number of nitrogens with two attached hydrogens (primary N) is 1. The summed E-state index contributed by atoms with van der Waals surface area (Å²) in [4.78, 5) is 30.8. The summed E-state index contributed by atoms with van der Waals surface area (Å²) in [6, 6.07) is 22.5. The molecule has 180 valence electrons. The standard InChI is InChI=1S/C15H13N3O.C12H9FN2O2/c16-18-9-8-12-10-13(6-7-14(12)18)17-15(19)11-4-2-1-3-5-11;1-7-10(12(16)17)6-14-11(15-7)8-3-2-4-9(13)5-8/h1-10H,16H2,(H,17,19);2-6H,1H3,(H,16,17). The molecule has 0 radical (unpaired) electrons. The molecular weight excluding hydrogens is 461 g/mol. The molecule has 0 fully saturated rings. The maximum atomic E-state index is 13.0. The van der Waals surface area contributed by atoms with Gasteiger partial charge in [0.25, 0.3) is 5.91 Å². The largest absolute Gasteiger partial charge is 0.478 e. The van der Waals surface area contributed by atoms with Crippen LogP contribution in [0.25, 0.3) is 22.3 Å². The molecule has 2 aromatic heterocycles. The molecule has 0 aliphatic heterocycles. The fourth-order valence-corrected chi connectivity index (χ4v) is 3.48. The number of nitrogen functional groups attached to an aromatic ring is 1. The number of carbonyl (C=O) groups is 2. The molecule has 8 nitrogen and oxygen atoms in total. The van der Waals surface area contributed by atoms with Crippen molar-refractivity contribution in [3.8, 4) is 11.4 Å². The number of fused-ring (bicyclic) bond motifs is 1. The van der Waals surface area contributed by atoms with Gasteiger partial charge in [-0.05, 0) is 55.5 Å². The molecule has 36 heavy (non-hydrogen) atoms. The number of amides is 1. The zero-order chi connectivity index (χ0) is 25.7. The topological polar surface area (TPSA) is 123 Å². The number of hydrogen-bond donors (Lipinski definition) is 3. The summed E-state index contributed by atoms with van der Waals surface area (Å²) in [5.74, 6) is 4.48. The summed E-state index contributed by atoms with van der Waals surface area (Å²) in [5.41, 5.74) is 3.24. The van der Waals surface area contributed by atoms with E-state index in [2.05, 4.69) is 15.3 Å². The number of benzene rings is 3. The van der Waals surface area contributed by atoms with E-state index in [1.807, 2.05) is 42.5 Å². The molecule has 5 aromatic rings. The minimum absolute atomic E-state index is 0.0464. The molecular formula is C27H22FN5O3. The van der Waals surface area contributed by atoms with Gasteiger partial charge in [-0.2, -0.15) is 0 Å². The lowest BCUT2D eigenvalue weighted by Gasteiger charge is -2.05. The van der Waals surface area contributed by atoms with E-state index in [-0.39, 0.29) is 17.3 Å². The molecule has 0 saturated carbocycles. The van der Waals surface area contributed by atoms with Crippen LogP contribution in [0.1, 0.15) is 26.4 Å². The highest BCUT2D eigenvalue weighted by molar-refractivity contribution is 6.05. The van der Waals surface area contributed by atoms with Crippen molar-refractivity contribution in [2.45, 2.75) is 6.92 Å². The lowest BCUT2D eigenvalue weighted by molar-refractivity contribution is 0.0695. The van der Waals surface area contributed by atoms with E-state index in [4.69, 9.17) is 10.9 Å². The predicted octanol–water partition coefficient (Wildman–Crippen LogP) is 4.90. The second-order valence-electron chi connectivity index (χ2n) is 7.82. The molecule has 0 unspecified atom stereocenters. The molecule has 0 aliphatic carbocycles. The number of nitrogens with one attached hydrogen (secondary N) is 1. The van der Waals surface area contributed by atoms with Gasteiger partial charge in [0, 0.05) is 34.6 Å². The lowest BCUT2D eigenvalue weighted by Crippen LogP contribution is -2.11. The Morgan fingerprint density at radius 2 is 1.78 bits per heavy atom. The normalized spacial score (nSPS) is 10.4. The Morgan fingerprint density at radius 1 is 1.00 bits per heavy atom. The van der Waals surface area contributed by atoms with Crippen molar-refractivity contribution in [1.82, 2.24) is 14.6 Å². The number of carboxylic acid groups (broad SMARTS) is 1. The summed E-state index contributed by atoms with van der Waals surface area (Å²) in [7, 11) is 0. The van der Waals surface area contributed by atoms with Crippen LogP contribution in [0.3, 0.4) is 0 Å². The summed E-state index contributed by atoms with van der Waals surface area (Å²) in [5, 5.41) is 12.7. The fourth-order valence-electron chi connectivity index (χ4n) is 3.48. The third-order valence-corrected chi connectivity index (χ3v) is 5.31. The van der Waals surface area contributed by atoms with Crippen LogP contribution in [-0.4, -0.2) is 31.6 Å². The van der Waals surface area contributed by atoms with E-state index in [1.165, 1.54) is 18.3 Å². The third kappa shape index (κ3) is 5.53. The third-order valence-electron chi connectivity index (χ3n) is 5.31. The van der Waals surface area contributed by atoms with Gasteiger partial charge >= 0.3 is 5.97 Å². The number of rotatable bonds is 4. The molecule has 0 bridgehead atoms. The zero-order valence-electron chi connectivity index (χ0n) is 19.2. The average Bonchev–Trinajstić information content (AvgIpc) is 3.24. The van der Waals surface area contributed by atoms with Gasteiger partial charge < -0.3 is 16.3 Å². The quantitative estimate of drug-likeness (QED) is 0.313. The highest BCUT2D eigenvalue weighted by Crippen LogP contribution is 2.20. The number of hydrogen-bond acceptors (Lipinski definition) is 5. The van der Waals surface area contributed by atoms with Gasteiger partial charge in [-0.1, -0.05) is 30.3 Å². The van der Waals surface area contributed by atoms with Crippen LogP contribution in [-0.2, 0) is 0 Å².